The highest BCUT2D eigenvalue weighted by Crippen LogP contribution is 2.30. The lowest BCUT2D eigenvalue weighted by atomic mass is 10.1. The molecule has 0 fully saturated rings. The first kappa shape index (κ1) is 19.0. The third-order valence-electron chi connectivity index (χ3n) is 3.91. The van der Waals surface area contributed by atoms with Crippen LogP contribution in [0.25, 0.3) is 0 Å². The summed E-state index contributed by atoms with van der Waals surface area (Å²) >= 11 is 1.53. The van der Waals surface area contributed by atoms with Crippen LogP contribution in [0, 0.1) is 0 Å². The van der Waals surface area contributed by atoms with E-state index in [4.69, 9.17) is 0 Å². The highest BCUT2D eigenvalue weighted by atomic mass is 32.1. The lowest BCUT2D eigenvalue weighted by Gasteiger charge is -2.18. The van der Waals surface area contributed by atoms with Gasteiger partial charge in [0.15, 0.2) is 0 Å². The van der Waals surface area contributed by atoms with Gasteiger partial charge >= 0.3 is 6.18 Å². The molecule has 3 nitrogen and oxygen atoms in total. The topological polar surface area (TPSA) is 41.1 Å². The molecule has 2 N–H and O–H groups in total. The number of nitrogens with one attached hydrogen (secondary N) is 2. The number of halogens is 3. The molecule has 1 atom stereocenters. The zero-order valence-corrected chi connectivity index (χ0v) is 15.0. The van der Waals surface area contributed by atoms with E-state index >= 15 is 0 Å². The molecule has 0 spiro atoms. The van der Waals surface area contributed by atoms with Crippen LogP contribution in [0.2, 0.25) is 0 Å². The Labute approximate surface area is 158 Å². The second kappa shape index (κ2) is 8.26. The van der Waals surface area contributed by atoms with Crippen molar-refractivity contribution in [3.05, 3.63) is 88.1 Å². The summed E-state index contributed by atoms with van der Waals surface area (Å²) in [5, 5.41) is 7.62. The van der Waals surface area contributed by atoms with Gasteiger partial charge in [-0.05, 0) is 35.2 Å². The third-order valence-corrected chi connectivity index (χ3v) is 4.85. The van der Waals surface area contributed by atoms with E-state index in [0.29, 0.717) is 0 Å². The largest absolute Gasteiger partial charge is 0.416 e. The van der Waals surface area contributed by atoms with Gasteiger partial charge in [-0.1, -0.05) is 42.5 Å². The van der Waals surface area contributed by atoms with Crippen LogP contribution in [-0.4, -0.2) is 12.5 Å². The number of carbonyl (C=O) groups excluding carboxylic acids is 1. The van der Waals surface area contributed by atoms with Crippen LogP contribution in [-0.2, 0) is 11.0 Å². The molecular weight excluding hydrogens is 373 g/mol. The number of rotatable bonds is 6. The zero-order valence-electron chi connectivity index (χ0n) is 14.2. The Morgan fingerprint density at radius 1 is 1.00 bits per heavy atom. The van der Waals surface area contributed by atoms with Crippen LogP contribution in [0.15, 0.2) is 72.1 Å². The number of alkyl halides is 3. The van der Waals surface area contributed by atoms with Gasteiger partial charge in [-0.15, -0.1) is 11.3 Å². The molecule has 27 heavy (non-hydrogen) atoms. The first-order valence-electron chi connectivity index (χ1n) is 8.22. The van der Waals surface area contributed by atoms with Crippen molar-refractivity contribution in [1.82, 2.24) is 5.32 Å². The summed E-state index contributed by atoms with van der Waals surface area (Å²) in [4.78, 5) is 13.4. The normalized spacial score (nSPS) is 12.4. The van der Waals surface area contributed by atoms with Crippen LogP contribution in [0.3, 0.4) is 0 Å². The summed E-state index contributed by atoms with van der Waals surface area (Å²) in [5.41, 5.74) is 0.424. The van der Waals surface area contributed by atoms with Crippen molar-refractivity contribution in [2.45, 2.75) is 12.2 Å². The summed E-state index contributed by atoms with van der Waals surface area (Å²) in [5.74, 6) is -0.310. The standard InChI is InChI=1S/C20H17F3N2OS/c21-20(22,23)15-8-4-9-16(12-15)24-13-18(26)25-19(17-10-5-11-27-17)14-6-2-1-3-7-14/h1-12,19,24H,13H2,(H,25,26). The quantitative estimate of drug-likeness (QED) is 0.616. The molecule has 1 unspecified atom stereocenters. The van der Waals surface area contributed by atoms with Crippen molar-refractivity contribution in [2.75, 3.05) is 11.9 Å². The molecule has 3 aromatic rings. The van der Waals surface area contributed by atoms with Gasteiger partial charge < -0.3 is 10.6 Å². The molecule has 0 aliphatic heterocycles. The summed E-state index contributed by atoms with van der Waals surface area (Å²) < 4.78 is 38.3. The first-order chi connectivity index (χ1) is 12.9. The molecule has 0 saturated heterocycles. The third kappa shape index (κ3) is 5.10. The van der Waals surface area contributed by atoms with E-state index in [1.165, 1.54) is 23.5 Å². The fraction of sp³-hybridized carbons (Fsp3) is 0.150. The van der Waals surface area contributed by atoms with Crippen molar-refractivity contribution in [2.24, 2.45) is 0 Å². The lowest BCUT2D eigenvalue weighted by Crippen LogP contribution is -2.33. The zero-order chi connectivity index (χ0) is 19.3. The van der Waals surface area contributed by atoms with Gasteiger partial charge in [0.1, 0.15) is 0 Å². The van der Waals surface area contributed by atoms with Gasteiger partial charge in [0, 0.05) is 10.6 Å². The van der Waals surface area contributed by atoms with Crippen molar-refractivity contribution in [3.8, 4) is 0 Å². The molecule has 7 heteroatoms. The van der Waals surface area contributed by atoms with E-state index < -0.39 is 11.7 Å². The van der Waals surface area contributed by atoms with Gasteiger partial charge in [0.05, 0.1) is 18.2 Å². The van der Waals surface area contributed by atoms with Crippen molar-refractivity contribution >= 4 is 22.9 Å². The molecule has 0 aliphatic carbocycles. The molecule has 140 valence electrons. The molecule has 0 aliphatic rings. The SMILES string of the molecule is O=C(CNc1cccc(C(F)(F)F)c1)NC(c1ccccc1)c1cccs1. The fourth-order valence-electron chi connectivity index (χ4n) is 2.62. The second-order valence-corrected chi connectivity index (χ2v) is 6.84. The highest BCUT2D eigenvalue weighted by molar-refractivity contribution is 7.10. The number of hydrogen-bond acceptors (Lipinski definition) is 3. The Bertz CT molecular complexity index is 880. The van der Waals surface area contributed by atoms with E-state index in [1.54, 1.807) is 0 Å². The van der Waals surface area contributed by atoms with E-state index in [0.717, 1.165) is 22.6 Å². The number of carbonyl (C=O) groups is 1. The number of hydrogen-bond donors (Lipinski definition) is 2. The van der Waals surface area contributed by atoms with Crippen LogP contribution in [0.1, 0.15) is 22.0 Å². The van der Waals surface area contributed by atoms with Crippen molar-refractivity contribution < 1.29 is 18.0 Å². The average molecular weight is 390 g/mol. The molecule has 3 rings (SSSR count). The average Bonchev–Trinajstić information content (AvgIpc) is 3.19. The minimum absolute atomic E-state index is 0.129. The maximum absolute atomic E-state index is 12.8. The highest BCUT2D eigenvalue weighted by Gasteiger charge is 2.30. The first-order valence-corrected chi connectivity index (χ1v) is 9.10. The predicted molar refractivity (Wildman–Crippen MR) is 101 cm³/mol. The Morgan fingerprint density at radius 2 is 1.78 bits per heavy atom. The van der Waals surface area contributed by atoms with Crippen LogP contribution in [0.4, 0.5) is 18.9 Å². The number of thiophene rings is 1. The van der Waals surface area contributed by atoms with Crippen molar-refractivity contribution in [3.63, 3.8) is 0 Å². The van der Waals surface area contributed by atoms with Crippen LogP contribution in [0.5, 0.6) is 0 Å². The fourth-order valence-corrected chi connectivity index (χ4v) is 3.42. The van der Waals surface area contributed by atoms with Gasteiger partial charge in [-0.25, -0.2) is 0 Å². The lowest BCUT2D eigenvalue weighted by molar-refractivity contribution is -0.137. The number of benzene rings is 2. The maximum atomic E-state index is 12.8. The molecular formula is C20H17F3N2OS. The molecule has 0 bridgehead atoms. The van der Waals surface area contributed by atoms with Crippen LogP contribution < -0.4 is 10.6 Å². The molecule has 1 aromatic heterocycles. The summed E-state index contributed by atoms with van der Waals surface area (Å²) in [7, 11) is 0. The molecule has 0 saturated carbocycles. The second-order valence-electron chi connectivity index (χ2n) is 5.86. The Morgan fingerprint density at radius 3 is 2.44 bits per heavy atom. The number of amides is 1. The Kier molecular flexibility index (Phi) is 5.81. The summed E-state index contributed by atoms with van der Waals surface area (Å²) in [6, 6.07) is 17.8. The van der Waals surface area contributed by atoms with Gasteiger partial charge in [0.25, 0.3) is 0 Å². The molecule has 1 heterocycles. The molecule has 1 amide bonds. The monoisotopic (exact) mass is 390 g/mol. The van der Waals surface area contributed by atoms with E-state index in [-0.39, 0.29) is 24.2 Å². The summed E-state index contributed by atoms with van der Waals surface area (Å²) in [6.07, 6.45) is -4.42. The molecule has 0 radical (unpaired) electrons. The summed E-state index contributed by atoms with van der Waals surface area (Å²) in [6.45, 7) is -0.129. The van der Waals surface area contributed by atoms with E-state index in [1.807, 2.05) is 47.8 Å². The number of anilines is 1. The molecule has 2 aromatic carbocycles. The van der Waals surface area contributed by atoms with Gasteiger partial charge in [0.2, 0.25) is 5.91 Å². The predicted octanol–water partition coefficient (Wildman–Crippen LogP) is 5.08. The Balaban J connectivity index is 1.67. The van der Waals surface area contributed by atoms with E-state index in [9.17, 15) is 18.0 Å². The Hall–Kier alpha value is -2.80. The van der Waals surface area contributed by atoms with Crippen molar-refractivity contribution in [1.29, 1.82) is 0 Å². The van der Waals surface area contributed by atoms with Crippen LogP contribution >= 0.6 is 11.3 Å². The van der Waals surface area contributed by atoms with E-state index in [2.05, 4.69) is 10.6 Å². The smallest absolute Gasteiger partial charge is 0.376 e. The van der Waals surface area contributed by atoms with Gasteiger partial charge in [-0.2, -0.15) is 13.2 Å². The minimum Gasteiger partial charge on any atom is -0.376 e. The maximum Gasteiger partial charge on any atom is 0.416 e. The van der Waals surface area contributed by atoms with Gasteiger partial charge in [-0.3, -0.25) is 4.79 Å². The minimum atomic E-state index is -4.42.